The van der Waals surface area contributed by atoms with Crippen LogP contribution < -0.4 is 0 Å². The zero-order chi connectivity index (χ0) is 22.2. The van der Waals surface area contributed by atoms with Gasteiger partial charge in [0.15, 0.2) is 0 Å². The fraction of sp³-hybridized carbons (Fsp3) is 0.167. The molecule has 0 saturated carbocycles. The van der Waals surface area contributed by atoms with E-state index in [9.17, 15) is 24.5 Å². The second-order valence-corrected chi connectivity index (χ2v) is 7.80. The molecule has 2 heterocycles. The van der Waals surface area contributed by atoms with Gasteiger partial charge < -0.3 is 9.15 Å². The lowest BCUT2D eigenvalue weighted by Gasteiger charge is -2.18. The maximum atomic E-state index is 12.5. The molecular weight excluding hydrogens is 459 g/mol. The van der Waals surface area contributed by atoms with Crippen LogP contribution in [0.5, 0.6) is 0 Å². The number of halogens is 2. The first kappa shape index (κ1) is 21.9. The van der Waals surface area contributed by atoms with Gasteiger partial charge in [-0.2, -0.15) is 0 Å². The van der Waals surface area contributed by atoms with E-state index in [1.165, 1.54) is 37.3 Å². The molecule has 0 radical (unpaired) electrons. The molecule has 156 valence electrons. The minimum atomic E-state index is -1.08. The number of hydrogen-bond acceptors (Lipinski definition) is 8. The van der Waals surface area contributed by atoms with E-state index >= 15 is 0 Å². The van der Waals surface area contributed by atoms with E-state index < -0.39 is 28.1 Å². The predicted octanol–water partition coefficient (Wildman–Crippen LogP) is 4.76. The molecule has 0 bridgehead atoms. The minimum Gasteiger partial charge on any atom is -0.467 e. The molecule has 0 spiro atoms. The normalized spacial score (nSPS) is 16.3. The lowest BCUT2D eigenvalue weighted by molar-refractivity contribution is -0.384. The Morgan fingerprint density at radius 2 is 2.00 bits per heavy atom. The van der Waals surface area contributed by atoms with Crippen molar-refractivity contribution in [1.29, 1.82) is 0 Å². The standard InChI is InChI=1S/C18H12Cl2N2O7S/c1-8(17(24)28-2)21-16(23)15(30-18(21)25)5-9-3-4-14(29-9)10-6-13(22(26)27)12(20)7-11(10)19/h3-8H,1-2H3/b15-5+/t8-/m1/s1. The number of amides is 2. The molecule has 1 aromatic carbocycles. The lowest BCUT2D eigenvalue weighted by atomic mass is 10.1. The summed E-state index contributed by atoms with van der Waals surface area (Å²) in [7, 11) is 1.16. The summed E-state index contributed by atoms with van der Waals surface area (Å²) in [6.07, 6.45) is 1.33. The number of nitrogens with zero attached hydrogens (tertiary/aromatic N) is 2. The number of carbonyl (C=O) groups excluding carboxylic acids is 3. The van der Waals surface area contributed by atoms with E-state index in [2.05, 4.69) is 4.74 Å². The molecule has 30 heavy (non-hydrogen) atoms. The Bertz CT molecular complexity index is 1110. The minimum absolute atomic E-state index is 0.0461. The first-order valence-electron chi connectivity index (χ1n) is 8.22. The number of furan rings is 1. The summed E-state index contributed by atoms with van der Waals surface area (Å²) >= 11 is 12.6. The maximum absolute atomic E-state index is 12.5. The molecule has 1 aromatic heterocycles. The summed E-state index contributed by atoms with van der Waals surface area (Å²) in [5.41, 5.74) is -0.105. The van der Waals surface area contributed by atoms with Crippen LogP contribution in [0.25, 0.3) is 17.4 Å². The third kappa shape index (κ3) is 4.07. The molecule has 0 unspecified atom stereocenters. The van der Waals surface area contributed by atoms with E-state index in [1.807, 2.05) is 0 Å². The number of nitro benzene ring substituents is 1. The molecule has 1 aliphatic heterocycles. The van der Waals surface area contributed by atoms with Gasteiger partial charge in [0, 0.05) is 17.7 Å². The van der Waals surface area contributed by atoms with Crippen LogP contribution in [-0.4, -0.2) is 40.1 Å². The van der Waals surface area contributed by atoms with Crippen LogP contribution in [-0.2, 0) is 14.3 Å². The van der Waals surface area contributed by atoms with Gasteiger partial charge in [0.25, 0.3) is 16.8 Å². The van der Waals surface area contributed by atoms with Crippen LogP contribution in [0.15, 0.2) is 33.6 Å². The number of nitro groups is 1. The molecule has 3 rings (SSSR count). The lowest BCUT2D eigenvalue weighted by Crippen LogP contribution is -2.42. The van der Waals surface area contributed by atoms with Crippen molar-refractivity contribution in [2.45, 2.75) is 13.0 Å². The van der Waals surface area contributed by atoms with Gasteiger partial charge in [-0.05, 0) is 36.9 Å². The molecule has 2 amide bonds. The average Bonchev–Trinajstić information content (AvgIpc) is 3.25. The Morgan fingerprint density at radius 1 is 1.30 bits per heavy atom. The molecule has 1 aliphatic rings. The smallest absolute Gasteiger partial charge is 0.328 e. The van der Waals surface area contributed by atoms with Crippen molar-refractivity contribution in [3.05, 3.63) is 55.1 Å². The van der Waals surface area contributed by atoms with Crippen molar-refractivity contribution in [2.24, 2.45) is 0 Å². The summed E-state index contributed by atoms with van der Waals surface area (Å²) in [6, 6.07) is 4.35. The topological polar surface area (TPSA) is 120 Å². The van der Waals surface area contributed by atoms with Gasteiger partial charge in [-0.3, -0.25) is 24.6 Å². The fourth-order valence-electron chi connectivity index (χ4n) is 2.66. The Balaban J connectivity index is 1.91. The summed E-state index contributed by atoms with van der Waals surface area (Å²) in [4.78, 5) is 47.6. The van der Waals surface area contributed by atoms with E-state index in [4.69, 9.17) is 27.6 Å². The number of esters is 1. The van der Waals surface area contributed by atoms with E-state index in [0.717, 1.165) is 12.0 Å². The summed E-state index contributed by atoms with van der Waals surface area (Å²) < 4.78 is 10.2. The third-order valence-corrected chi connectivity index (χ3v) is 5.65. The van der Waals surface area contributed by atoms with Crippen molar-refractivity contribution < 1.29 is 28.5 Å². The first-order chi connectivity index (χ1) is 14.1. The fourth-order valence-corrected chi connectivity index (χ4v) is 4.09. The van der Waals surface area contributed by atoms with Crippen LogP contribution in [0, 0.1) is 10.1 Å². The second kappa shape index (κ2) is 8.50. The van der Waals surface area contributed by atoms with Gasteiger partial charge in [-0.1, -0.05) is 23.2 Å². The molecule has 1 saturated heterocycles. The number of rotatable bonds is 5. The highest BCUT2D eigenvalue weighted by Crippen LogP contribution is 2.38. The maximum Gasteiger partial charge on any atom is 0.328 e. The monoisotopic (exact) mass is 470 g/mol. The van der Waals surface area contributed by atoms with Crippen LogP contribution >= 0.6 is 35.0 Å². The van der Waals surface area contributed by atoms with Crippen LogP contribution in [0.3, 0.4) is 0 Å². The highest BCUT2D eigenvalue weighted by molar-refractivity contribution is 8.18. The summed E-state index contributed by atoms with van der Waals surface area (Å²) in [5.74, 6) is -0.984. The SMILES string of the molecule is COC(=O)[C@@H](C)N1C(=O)S/C(=C/c2ccc(-c3cc([N+](=O)[O-])c(Cl)cc3Cl)o2)C1=O. The zero-order valence-electron chi connectivity index (χ0n) is 15.4. The van der Waals surface area contributed by atoms with Gasteiger partial charge >= 0.3 is 5.97 Å². The molecule has 0 aliphatic carbocycles. The van der Waals surface area contributed by atoms with Crippen LogP contribution in [0.4, 0.5) is 10.5 Å². The number of thioether (sulfide) groups is 1. The van der Waals surface area contributed by atoms with E-state index in [-0.39, 0.29) is 37.7 Å². The average molecular weight is 471 g/mol. The summed E-state index contributed by atoms with van der Waals surface area (Å²) in [5, 5.41) is 10.5. The van der Waals surface area contributed by atoms with Gasteiger partial charge in [0.2, 0.25) is 0 Å². The Morgan fingerprint density at radius 3 is 2.63 bits per heavy atom. The van der Waals surface area contributed by atoms with Crippen LogP contribution in [0.2, 0.25) is 10.0 Å². The van der Waals surface area contributed by atoms with Crippen molar-refractivity contribution in [3.63, 3.8) is 0 Å². The number of carbonyl (C=O) groups is 3. The van der Waals surface area contributed by atoms with Gasteiger partial charge in [0.1, 0.15) is 22.6 Å². The number of hydrogen-bond donors (Lipinski definition) is 0. The first-order valence-corrected chi connectivity index (χ1v) is 9.79. The number of benzene rings is 1. The highest BCUT2D eigenvalue weighted by Gasteiger charge is 2.41. The number of imide groups is 1. The highest BCUT2D eigenvalue weighted by atomic mass is 35.5. The Hall–Kier alpha value is -2.82. The summed E-state index contributed by atoms with van der Waals surface area (Å²) in [6.45, 7) is 1.38. The molecule has 2 aromatic rings. The largest absolute Gasteiger partial charge is 0.467 e. The Labute approximate surface area is 183 Å². The third-order valence-electron chi connectivity index (χ3n) is 4.15. The second-order valence-electron chi connectivity index (χ2n) is 5.99. The predicted molar refractivity (Wildman–Crippen MR) is 110 cm³/mol. The quantitative estimate of drug-likeness (QED) is 0.265. The van der Waals surface area contributed by atoms with Gasteiger partial charge in [-0.15, -0.1) is 0 Å². The van der Waals surface area contributed by atoms with Crippen molar-refractivity contribution in [1.82, 2.24) is 4.90 Å². The van der Waals surface area contributed by atoms with E-state index in [0.29, 0.717) is 11.8 Å². The van der Waals surface area contributed by atoms with Crippen molar-refractivity contribution in [2.75, 3.05) is 7.11 Å². The van der Waals surface area contributed by atoms with Crippen molar-refractivity contribution >= 4 is 63.8 Å². The van der Waals surface area contributed by atoms with Crippen LogP contribution in [0.1, 0.15) is 12.7 Å². The Kier molecular flexibility index (Phi) is 6.20. The van der Waals surface area contributed by atoms with Crippen molar-refractivity contribution in [3.8, 4) is 11.3 Å². The number of ether oxygens (including phenoxy) is 1. The molecule has 1 atom stereocenters. The van der Waals surface area contributed by atoms with E-state index in [1.54, 1.807) is 0 Å². The molecular formula is C18H12Cl2N2O7S. The zero-order valence-corrected chi connectivity index (χ0v) is 17.7. The molecule has 1 fully saturated rings. The van der Waals surface area contributed by atoms with Gasteiger partial charge in [0.05, 0.1) is 22.0 Å². The van der Waals surface area contributed by atoms with Gasteiger partial charge in [-0.25, -0.2) is 4.79 Å². The number of methoxy groups -OCH3 is 1. The molecule has 12 heteroatoms. The molecule has 0 N–H and O–H groups in total. The molecule has 9 nitrogen and oxygen atoms in total.